The van der Waals surface area contributed by atoms with Crippen molar-refractivity contribution in [2.75, 3.05) is 29.9 Å². The standard InChI is InChI=1S/C31H30F2N6O6S/c1-19(2)38-18-24(30(41)39(31(38)42)22-6-3-20(32)4-7-22)29(40)36-21-5-8-27(25(33)15-21)45-28-16-23(17-35-26(28)9-10-34)37-11-13-46(43,44)14-12-37/h3-10,15-19,34-35H,11-14H2,1-2H3,(H,36,40)/b26-9-,34-10?. The summed E-state index contributed by atoms with van der Waals surface area (Å²) in [4.78, 5) is 41.5. The minimum absolute atomic E-state index is 0.00203. The first-order chi connectivity index (χ1) is 21.9. The van der Waals surface area contributed by atoms with Crippen LogP contribution in [0.4, 0.5) is 14.5 Å². The predicted octanol–water partition coefficient (Wildman–Crippen LogP) is 3.08. The number of carbonyl (C=O) groups excluding carboxylic acids is 1. The van der Waals surface area contributed by atoms with Crippen LogP contribution in [0.3, 0.4) is 0 Å². The fraction of sp³-hybridized carbons (Fsp3) is 0.226. The van der Waals surface area contributed by atoms with Gasteiger partial charge in [0, 0.05) is 55.6 Å². The van der Waals surface area contributed by atoms with Gasteiger partial charge in [-0.05, 0) is 56.3 Å². The van der Waals surface area contributed by atoms with Crippen LogP contribution >= 0.6 is 0 Å². The lowest BCUT2D eigenvalue weighted by Gasteiger charge is -2.31. The van der Waals surface area contributed by atoms with E-state index in [4.69, 9.17) is 10.1 Å². The van der Waals surface area contributed by atoms with Gasteiger partial charge in [-0.25, -0.2) is 26.6 Å². The summed E-state index contributed by atoms with van der Waals surface area (Å²) in [6.45, 7) is 3.92. The van der Waals surface area contributed by atoms with Gasteiger partial charge in [-0.15, -0.1) is 0 Å². The molecule has 2 aromatic carbocycles. The van der Waals surface area contributed by atoms with E-state index >= 15 is 4.39 Å². The summed E-state index contributed by atoms with van der Waals surface area (Å²) >= 11 is 0. The van der Waals surface area contributed by atoms with Crippen LogP contribution in [-0.4, -0.2) is 59.2 Å². The molecule has 0 unspecified atom stereocenters. The summed E-state index contributed by atoms with van der Waals surface area (Å²) in [5.41, 5.74) is -1.03. The number of hydrogen-bond acceptors (Lipinski definition) is 9. The zero-order chi connectivity index (χ0) is 33.2. The molecule has 0 aliphatic carbocycles. The van der Waals surface area contributed by atoms with Gasteiger partial charge in [-0.1, -0.05) is 0 Å². The second-order valence-electron chi connectivity index (χ2n) is 10.8. The number of halogens is 2. The number of aromatic nitrogens is 2. The predicted molar refractivity (Wildman–Crippen MR) is 168 cm³/mol. The molecule has 12 nitrogen and oxygen atoms in total. The molecule has 15 heteroatoms. The highest BCUT2D eigenvalue weighted by molar-refractivity contribution is 7.91. The first-order valence-electron chi connectivity index (χ1n) is 14.1. The van der Waals surface area contributed by atoms with E-state index in [1.165, 1.54) is 34.9 Å². The second-order valence-corrected chi connectivity index (χ2v) is 13.1. The molecule has 5 rings (SSSR count). The van der Waals surface area contributed by atoms with Crippen molar-refractivity contribution < 1.29 is 26.7 Å². The minimum Gasteiger partial charge on any atom is -0.452 e. The number of nitrogens with zero attached hydrogens (tertiary/aromatic N) is 3. The highest BCUT2D eigenvalue weighted by Crippen LogP contribution is 2.28. The van der Waals surface area contributed by atoms with Crippen molar-refractivity contribution >= 4 is 27.6 Å². The molecule has 0 atom stereocenters. The maximum absolute atomic E-state index is 15.3. The van der Waals surface area contributed by atoms with Crippen molar-refractivity contribution in [1.29, 1.82) is 5.41 Å². The summed E-state index contributed by atoms with van der Waals surface area (Å²) in [7, 11) is -3.11. The molecule has 0 spiro atoms. The molecule has 1 fully saturated rings. The summed E-state index contributed by atoms with van der Waals surface area (Å²) in [6.07, 6.45) is 6.80. The molecular weight excluding hydrogens is 622 g/mol. The third kappa shape index (κ3) is 6.83. The Labute approximate surface area is 262 Å². The lowest BCUT2D eigenvalue weighted by molar-refractivity contribution is 0.102. The number of carbonyl (C=O) groups is 1. The van der Waals surface area contributed by atoms with Crippen molar-refractivity contribution in [2.24, 2.45) is 0 Å². The van der Waals surface area contributed by atoms with Gasteiger partial charge in [0.1, 0.15) is 11.4 Å². The lowest BCUT2D eigenvalue weighted by atomic mass is 10.2. The van der Waals surface area contributed by atoms with Crippen LogP contribution < -0.4 is 26.6 Å². The van der Waals surface area contributed by atoms with E-state index in [0.29, 0.717) is 11.4 Å². The number of hydrogen-bond donors (Lipinski definition) is 3. The Morgan fingerprint density at radius 3 is 2.41 bits per heavy atom. The Bertz CT molecular complexity index is 2020. The maximum Gasteiger partial charge on any atom is 0.335 e. The quantitative estimate of drug-likeness (QED) is 0.314. The van der Waals surface area contributed by atoms with Gasteiger partial charge in [0.15, 0.2) is 27.2 Å². The first-order valence-corrected chi connectivity index (χ1v) is 16.0. The van der Waals surface area contributed by atoms with Crippen molar-refractivity contribution in [3.8, 4) is 11.4 Å². The second kappa shape index (κ2) is 13.0. The molecule has 0 saturated carbocycles. The SMILES string of the molecule is CC(C)n1cc(C(=O)Nc2ccc(OC3=CC(N4CCS(=O)(=O)CC4)=CN/C3=C\C=N)c(F)c2)c(=O)n(-c2ccc(F)cc2)c1=O. The molecule has 46 heavy (non-hydrogen) atoms. The number of sulfone groups is 1. The topological polar surface area (TPSA) is 156 Å². The summed E-state index contributed by atoms with van der Waals surface area (Å²) in [6, 6.07) is 7.84. The zero-order valence-electron chi connectivity index (χ0n) is 24.8. The van der Waals surface area contributed by atoms with Crippen LogP contribution in [0.2, 0.25) is 0 Å². The summed E-state index contributed by atoms with van der Waals surface area (Å²) in [5, 5.41) is 12.9. The third-order valence-corrected chi connectivity index (χ3v) is 8.90. The summed E-state index contributed by atoms with van der Waals surface area (Å²) < 4.78 is 60.3. The Hall–Kier alpha value is -5.31. The number of anilines is 1. The molecule has 1 aromatic heterocycles. The van der Waals surface area contributed by atoms with E-state index in [0.717, 1.165) is 35.2 Å². The fourth-order valence-electron chi connectivity index (χ4n) is 4.82. The molecular formula is C31H30F2N6O6S. The number of dihydropyridines is 1. The third-order valence-electron chi connectivity index (χ3n) is 7.29. The average Bonchev–Trinajstić information content (AvgIpc) is 3.00. The van der Waals surface area contributed by atoms with Gasteiger partial charge < -0.3 is 25.7 Å². The van der Waals surface area contributed by atoms with E-state index in [9.17, 15) is 27.2 Å². The van der Waals surface area contributed by atoms with Crippen LogP contribution in [-0.2, 0) is 9.84 Å². The van der Waals surface area contributed by atoms with Crippen molar-refractivity contribution in [2.45, 2.75) is 19.9 Å². The molecule has 3 N–H and O–H groups in total. The molecule has 3 aromatic rings. The Morgan fingerprint density at radius 2 is 1.78 bits per heavy atom. The van der Waals surface area contributed by atoms with Gasteiger partial charge in [0.25, 0.3) is 11.5 Å². The fourth-order valence-corrected chi connectivity index (χ4v) is 6.02. The average molecular weight is 653 g/mol. The number of rotatable bonds is 8. The van der Waals surface area contributed by atoms with E-state index < -0.39 is 50.2 Å². The van der Waals surface area contributed by atoms with Crippen molar-refractivity contribution in [3.63, 3.8) is 0 Å². The molecule has 0 radical (unpaired) electrons. The van der Waals surface area contributed by atoms with Crippen LogP contribution in [0.15, 0.2) is 93.8 Å². The molecule has 2 aliphatic heterocycles. The van der Waals surface area contributed by atoms with Crippen molar-refractivity contribution in [1.82, 2.24) is 19.4 Å². The van der Waals surface area contributed by atoms with Gasteiger partial charge >= 0.3 is 5.69 Å². The Kier molecular flexibility index (Phi) is 9.05. The van der Waals surface area contributed by atoms with Crippen LogP contribution in [0.1, 0.15) is 30.2 Å². The first kappa shape index (κ1) is 32.1. The normalized spacial score (nSPS) is 16.8. The van der Waals surface area contributed by atoms with Crippen LogP contribution in [0, 0.1) is 17.0 Å². The number of benzene rings is 2. The smallest absolute Gasteiger partial charge is 0.335 e. The largest absolute Gasteiger partial charge is 0.452 e. The number of ether oxygens (including phenoxy) is 1. The number of nitrogens with one attached hydrogen (secondary N) is 3. The molecule has 1 amide bonds. The van der Waals surface area contributed by atoms with Gasteiger partial charge in [-0.2, -0.15) is 0 Å². The highest BCUT2D eigenvalue weighted by Gasteiger charge is 2.25. The summed E-state index contributed by atoms with van der Waals surface area (Å²) in [5.74, 6) is -2.38. The van der Waals surface area contributed by atoms with Crippen molar-refractivity contribution in [3.05, 3.63) is 122 Å². The Morgan fingerprint density at radius 1 is 1.09 bits per heavy atom. The highest BCUT2D eigenvalue weighted by atomic mass is 32.2. The maximum atomic E-state index is 15.3. The lowest BCUT2D eigenvalue weighted by Crippen LogP contribution is -2.42. The molecule has 0 bridgehead atoms. The van der Waals surface area contributed by atoms with E-state index in [-0.39, 0.29) is 47.5 Å². The number of amides is 1. The molecule has 3 heterocycles. The van der Waals surface area contributed by atoms with E-state index in [1.54, 1.807) is 26.1 Å². The van der Waals surface area contributed by atoms with Gasteiger partial charge in [0.2, 0.25) is 0 Å². The molecule has 2 aliphatic rings. The molecule has 240 valence electrons. The number of allylic oxidation sites excluding steroid dienone is 2. The Balaban J connectivity index is 1.40. The zero-order valence-corrected chi connectivity index (χ0v) is 25.6. The minimum atomic E-state index is -3.11. The van der Waals surface area contributed by atoms with E-state index in [1.807, 2.05) is 4.90 Å². The van der Waals surface area contributed by atoms with E-state index in [2.05, 4.69) is 10.6 Å². The van der Waals surface area contributed by atoms with Crippen LogP contribution in [0.25, 0.3) is 5.69 Å². The van der Waals surface area contributed by atoms with Crippen LogP contribution in [0.5, 0.6) is 5.75 Å². The monoisotopic (exact) mass is 652 g/mol. The van der Waals surface area contributed by atoms with Gasteiger partial charge in [-0.3, -0.25) is 14.2 Å². The van der Waals surface area contributed by atoms with Gasteiger partial charge in [0.05, 0.1) is 28.6 Å². The molecule has 1 saturated heterocycles.